The van der Waals surface area contributed by atoms with Gasteiger partial charge in [-0.1, -0.05) is 35.9 Å². The molecule has 1 amide bonds. The van der Waals surface area contributed by atoms with Crippen LogP contribution in [0, 0.1) is 0 Å². The van der Waals surface area contributed by atoms with Gasteiger partial charge in [0.1, 0.15) is 6.54 Å². The first-order valence-corrected chi connectivity index (χ1v) is 12.2. The summed E-state index contributed by atoms with van der Waals surface area (Å²) >= 11 is 9.47. The van der Waals surface area contributed by atoms with Crippen molar-refractivity contribution in [2.75, 3.05) is 17.6 Å². The summed E-state index contributed by atoms with van der Waals surface area (Å²) in [6.07, 6.45) is 1.42. The quantitative estimate of drug-likeness (QED) is 0.352. The number of anilines is 1. The Morgan fingerprint density at radius 3 is 2.55 bits per heavy atom. The lowest BCUT2D eigenvalue weighted by Gasteiger charge is -2.23. The standard InChI is InChI=1S/C22H17BrClN3O5S/c23-19-11-21-20(31-14-32-21)9-15(19)12-25-26-22(28)13-27(17-6-4-5-16(24)10-17)33(29,30)18-7-2-1-3-8-18/h1-12H,13-14H2,(H,26,28). The monoisotopic (exact) mass is 549 g/mol. The molecule has 3 aromatic rings. The van der Waals surface area contributed by atoms with Gasteiger partial charge in [0.15, 0.2) is 11.5 Å². The van der Waals surface area contributed by atoms with E-state index in [4.69, 9.17) is 21.1 Å². The van der Waals surface area contributed by atoms with Gasteiger partial charge < -0.3 is 9.47 Å². The summed E-state index contributed by atoms with van der Waals surface area (Å²) in [5.41, 5.74) is 3.26. The minimum absolute atomic E-state index is 0.0468. The molecule has 4 rings (SSSR count). The van der Waals surface area contributed by atoms with Crippen molar-refractivity contribution < 1.29 is 22.7 Å². The molecule has 0 saturated heterocycles. The van der Waals surface area contributed by atoms with Crippen LogP contribution in [0.2, 0.25) is 5.02 Å². The Bertz CT molecular complexity index is 1320. The summed E-state index contributed by atoms with van der Waals surface area (Å²) < 4.78 is 38.8. The van der Waals surface area contributed by atoms with Crippen molar-refractivity contribution in [3.63, 3.8) is 0 Å². The topological polar surface area (TPSA) is 97.3 Å². The third-order valence-electron chi connectivity index (χ3n) is 4.60. The van der Waals surface area contributed by atoms with E-state index in [9.17, 15) is 13.2 Å². The third-order valence-corrected chi connectivity index (χ3v) is 7.31. The lowest BCUT2D eigenvalue weighted by Crippen LogP contribution is -2.39. The van der Waals surface area contributed by atoms with Crippen molar-refractivity contribution in [1.82, 2.24) is 5.43 Å². The Balaban J connectivity index is 1.54. The van der Waals surface area contributed by atoms with Gasteiger partial charge in [0.25, 0.3) is 15.9 Å². The number of carbonyl (C=O) groups excluding carboxylic acids is 1. The molecule has 1 heterocycles. The molecule has 0 aromatic heterocycles. The Morgan fingerprint density at radius 2 is 1.82 bits per heavy atom. The van der Waals surface area contributed by atoms with E-state index in [2.05, 4.69) is 26.5 Å². The van der Waals surface area contributed by atoms with Crippen molar-refractivity contribution in [2.24, 2.45) is 5.10 Å². The van der Waals surface area contributed by atoms with Crippen LogP contribution in [0.4, 0.5) is 5.69 Å². The number of hydrogen-bond acceptors (Lipinski definition) is 6. The zero-order valence-corrected chi connectivity index (χ0v) is 20.1. The molecule has 0 saturated carbocycles. The lowest BCUT2D eigenvalue weighted by atomic mass is 10.2. The summed E-state index contributed by atoms with van der Waals surface area (Å²) in [4.78, 5) is 12.7. The van der Waals surface area contributed by atoms with E-state index in [-0.39, 0.29) is 17.4 Å². The molecule has 0 unspecified atom stereocenters. The number of fused-ring (bicyclic) bond motifs is 1. The first kappa shape index (κ1) is 23.1. The van der Waals surface area contributed by atoms with Crippen LogP contribution in [0.3, 0.4) is 0 Å². The van der Waals surface area contributed by atoms with Crippen molar-refractivity contribution in [3.8, 4) is 11.5 Å². The van der Waals surface area contributed by atoms with Crippen molar-refractivity contribution in [2.45, 2.75) is 4.90 Å². The van der Waals surface area contributed by atoms with E-state index in [1.54, 1.807) is 48.5 Å². The van der Waals surface area contributed by atoms with Crippen molar-refractivity contribution >= 4 is 55.4 Å². The maximum atomic E-state index is 13.3. The molecule has 1 N–H and O–H groups in total. The molecule has 0 atom stereocenters. The van der Waals surface area contributed by atoms with E-state index in [0.717, 1.165) is 4.31 Å². The van der Waals surface area contributed by atoms with Crippen LogP contribution >= 0.6 is 27.5 Å². The number of carbonyl (C=O) groups is 1. The summed E-state index contributed by atoms with van der Waals surface area (Å²) in [5.74, 6) is 0.529. The van der Waals surface area contributed by atoms with Crippen LogP contribution < -0.4 is 19.2 Å². The van der Waals surface area contributed by atoms with Gasteiger partial charge in [-0.25, -0.2) is 13.8 Å². The van der Waals surface area contributed by atoms with E-state index in [1.807, 2.05) is 0 Å². The average molecular weight is 551 g/mol. The minimum Gasteiger partial charge on any atom is -0.454 e. The normalized spacial score (nSPS) is 12.7. The van der Waals surface area contributed by atoms with Gasteiger partial charge in [0, 0.05) is 15.1 Å². The summed E-state index contributed by atoms with van der Waals surface area (Å²) in [6.45, 7) is -0.369. The molecule has 0 fully saturated rings. The molecule has 33 heavy (non-hydrogen) atoms. The molecule has 3 aromatic carbocycles. The van der Waals surface area contributed by atoms with Gasteiger partial charge in [-0.05, 0) is 58.4 Å². The van der Waals surface area contributed by atoms with Crippen molar-refractivity contribution in [1.29, 1.82) is 0 Å². The third kappa shape index (κ3) is 5.29. The first-order chi connectivity index (χ1) is 15.8. The maximum absolute atomic E-state index is 13.3. The fraction of sp³-hybridized carbons (Fsp3) is 0.0909. The highest BCUT2D eigenvalue weighted by molar-refractivity contribution is 9.10. The van der Waals surface area contributed by atoms with Gasteiger partial charge in [0.05, 0.1) is 16.8 Å². The first-order valence-electron chi connectivity index (χ1n) is 9.59. The smallest absolute Gasteiger partial charge is 0.264 e. The number of nitrogens with one attached hydrogen (secondary N) is 1. The maximum Gasteiger partial charge on any atom is 0.264 e. The number of amides is 1. The van der Waals surface area contributed by atoms with Crippen LogP contribution in [0.1, 0.15) is 5.56 Å². The molecular formula is C22H17BrClN3O5S. The zero-order chi connectivity index (χ0) is 23.4. The predicted octanol–water partition coefficient (Wildman–Crippen LogP) is 4.18. The highest BCUT2D eigenvalue weighted by Gasteiger charge is 2.27. The molecular weight excluding hydrogens is 534 g/mol. The Kier molecular flexibility index (Phi) is 6.87. The van der Waals surface area contributed by atoms with Crippen LogP contribution in [0.15, 0.2) is 81.2 Å². The van der Waals surface area contributed by atoms with Crippen LogP contribution in [0.5, 0.6) is 11.5 Å². The van der Waals surface area contributed by atoms with Gasteiger partial charge >= 0.3 is 0 Å². The molecule has 170 valence electrons. The summed E-state index contributed by atoms with van der Waals surface area (Å²) in [7, 11) is -4.03. The number of ether oxygens (including phenoxy) is 2. The number of halogens is 2. The van der Waals surface area contributed by atoms with Gasteiger partial charge in [0.2, 0.25) is 6.79 Å². The van der Waals surface area contributed by atoms with Crippen LogP contribution in [0.25, 0.3) is 0 Å². The zero-order valence-electron chi connectivity index (χ0n) is 16.9. The number of benzene rings is 3. The second kappa shape index (κ2) is 9.82. The lowest BCUT2D eigenvalue weighted by molar-refractivity contribution is -0.119. The molecule has 1 aliphatic rings. The molecule has 11 heteroatoms. The highest BCUT2D eigenvalue weighted by atomic mass is 79.9. The number of nitrogens with zero attached hydrogens (tertiary/aromatic N) is 2. The number of hydrazone groups is 1. The SMILES string of the molecule is O=C(CN(c1cccc(Cl)c1)S(=O)(=O)c1ccccc1)NN=Cc1cc2c(cc1Br)OCO2. The molecule has 1 aliphatic heterocycles. The molecule has 0 aliphatic carbocycles. The summed E-state index contributed by atoms with van der Waals surface area (Å²) in [6, 6.07) is 17.5. The molecule has 8 nitrogen and oxygen atoms in total. The Hall–Kier alpha value is -3.08. The number of rotatable bonds is 7. The second-order valence-corrected chi connectivity index (χ2v) is 9.98. The molecule has 0 bridgehead atoms. The van der Waals surface area contributed by atoms with Crippen LogP contribution in [-0.4, -0.2) is 33.9 Å². The fourth-order valence-corrected chi connectivity index (χ4v) is 5.08. The Morgan fingerprint density at radius 1 is 1.09 bits per heavy atom. The summed E-state index contributed by atoms with van der Waals surface area (Å²) in [5, 5.41) is 4.29. The second-order valence-electron chi connectivity index (χ2n) is 6.82. The van der Waals surface area contributed by atoms with Gasteiger partial charge in [-0.3, -0.25) is 9.10 Å². The van der Waals surface area contributed by atoms with E-state index in [0.29, 0.717) is 26.6 Å². The van der Waals surface area contributed by atoms with E-state index in [1.165, 1.54) is 24.4 Å². The predicted molar refractivity (Wildman–Crippen MR) is 128 cm³/mol. The largest absolute Gasteiger partial charge is 0.454 e. The van der Waals surface area contributed by atoms with Crippen molar-refractivity contribution in [3.05, 3.63) is 81.8 Å². The van der Waals surface area contributed by atoms with Crippen LogP contribution in [-0.2, 0) is 14.8 Å². The van der Waals surface area contributed by atoms with Gasteiger partial charge in [-0.2, -0.15) is 5.10 Å². The van der Waals surface area contributed by atoms with E-state index >= 15 is 0 Å². The van der Waals surface area contributed by atoms with Gasteiger partial charge in [-0.15, -0.1) is 0 Å². The fourth-order valence-electron chi connectivity index (χ4n) is 3.04. The number of sulfonamides is 1. The highest BCUT2D eigenvalue weighted by Crippen LogP contribution is 2.36. The van der Waals surface area contributed by atoms with E-state index < -0.39 is 22.5 Å². The minimum atomic E-state index is -4.03. The number of hydrogen-bond donors (Lipinski definition) is 1. The average Bonchev–Trinajstić information content (AvgIpc) is 3.25. The Labute approximate surface area is 203 Å². The molecule has 0 radical (unpaired) electrons. The molecule has 0 spiro atoms.